The topological polar surface area (TPSA) is 53.7 Å². The lowest BCUT2D eigenvalue weighted by Crippen LogP contribution is -2.37. The number of aliphatic hydroxyl groups is 1. The molecule has 0 aliphatic carbocycles. The molecule has 0 unspecified atom stereocenters. The maximum atomic E-state index is 12.2. The second kappa shape index (κ2) is 5.81. The highest BCUT2D eigenvalue weighted by atomic mass is 35.5. The third-order valence-corrected chi connectivity index (χ3v) is 2.16. The first-order chi connectivity index (χ1) is 7.56. The minimum absolute atomic E-state index is 0.00997. The SMILES string of the molecule is O=C(c1ccoc1Cl)N(CCO)CC(F)F. The van der Waals surface area contributed by atoms with E-state index in [1.54, 1.807) is 0 Å². The van der Waals surface area contributed by atoms with E-state index in [0.717, 1.165) is 4.90 Å². The fraction of sp³-hybridized carbons (Fsp3) is 0.444. The van der Waals surface area contributed by atoms with Crippen LogP contribution in [0.15, 0.2) is 16.7 Å². The molecule has 1 amide bonds. The Kier molecular flexibility index (Phi) is 4.70. The zero-order valence-corrected chi connectivity index (χ0v) is 8.95. The third-order valence-electron chi connectivity index (χ3n) is 1.86. The van der Waals surface area contributed by atoms with Gasteiger partial charge in [-0.15, -0.1) is 0 Å². The van der Waals surface area contributed by atoms with Crippen molar-refractivity contribution in [2.45, 2.75) is 6.43 Å². The Morgan fingerprint density at radius 1 is 1.62 bits per heavy atom. The van der Waals surface area contributed by atoms with E-state index in [9.17, 15) is 13.6 Å². The van der Waals surface area contributed by atoms with Crippen LogP contribution in [0.5, 0.6) is 0 Å². The Labute approximate surface area is 95.4 Å². The van der Waals surface area contributed by atoms with Gasteiger partial charge in [0.2, 0.25) is 5.22 Å². The molecule has 0 aromatic carbocycles. The monoisotopic (exact) mass is 253 g/mol. The molecular formula is C9H10ClF2NO3. The molecule has 1 aromatic heterocycles. The average molecular weight is 254 g/mol. The molecule has 16 heavy (non-hydrogen) atoms. The summed E-state index contributed by atoms with van der Waals surface area (Å²) in [6.07, 6.45) is -1.48. The maximum Gasteiger partial charge on any atom is 0.259 e. The first-order valence-electron chi connectivity index (χ1n) is 4.47. The molecular weight excluding hydrogens is 244 g/mol. The zero-order chi connectivity index (χ0) is 12.1. The van der Waals surface area contributed by atoms with E-state index in [2.05, 4.69) is 4.42 Å². The molecule has 1 heterocycles. The second-order valence-corrected chi connectivity index (χ2v) is 3.32. The first-order valence-corrected chi connectivity index (χ1v) is 4.85. The fourth-order valence-corrected chi connectivity index (χ4v) is 1.37. The molecule has 1 rings (SSSR count). The average Bonchev–Trinajstić information content (AvgIpc) is 2.62. The Hall–Kier alpha value is -1.14. The summed E-state index contributed by atoms with van der Waals surface area (Å²) < 4.78 is 29.0. The molecule has 0 radical (unpaired) electrons. The van der Waals surface area contributed by atoms with E-state index in [1.807, 2.05) is 0 Å². The van der Waals surface area contributed by atoms with Crippen LogP contribution in [-0.4, -0.2) is 42.0 Å². The molecule has 1 N–H and O–H groups in total. The van der Waals surface area contributed by atoms with Gasteiger partial charge in [0.15, 0.2) is 0 Å². The number of alkyl halides is 2. The van der Waals surface area contributed by atoms with Crippen molar-refractivity contribution in [3.63, 3.8) is 0 Å². The summed E-state index contributed by atoms with van der Waals surface area (Å²) in [5.74, 6) is -0.687. The van der Waals surface area contributed by atoms with Gasteiger partial charge in [0.05, 0.1) is 25.0 Å². The van der Waals surface area contributed by atoms with Crippen LogP contribution in [0, 0.1) is 0 Å². The maximum absolute atomic E-state index is 12.2. The number of furan rings is 1. The molecule has 0 bridgehead atoms. The number of halogens is 3. The van der Waals surface area contributed by atoms with E-state index >= 15 is 0 Å². The van der Waals surface area contributed by atoms with Crippen molar-refractivity contribution in [2.75, 3.05) is 19.7 Å². The lowest BCUT2D eigenvalue weighted by molar-refractivity contribution is 0.0509. The van der Waals surface area contributed by atoms with Crippen LogP contribution in [0.4, 0.5) is 8.78 Å². The molecule has 7 heteroatoms. The van der Waals surface area contributed by atoms with Crippen molar-refractivity contribution >= 4 is 17.5 Å². The Morgan fingerprint density at radius 2 is 2.31 bits per heavy atom. The summed E-state index contributed by atoms with van der Waals surface area (Å²) in [6.45, 7) is -1.32. The number of carbonyl (C=O) groups is 1. The molecule has 4 nitrogen and oxygen atoms in total. The van der Waals surface area contributed by atoms with E-state index in [0.29, 0.717) is 0 Å². The Bertz CT molecular complexity index is 356. The molecule has 0 fully saturated rings. The Morgan fingerprint density at radius 3 is 2.75 bits per heavy atom. The van der Waals surface area contributed by atoms with E-state index in [4.69, 9.17) is 16.7 Å². The van der Waals surface area contributed by atoms with Crippen molar-refractivity contribution < 1.29 is 23.1 Å². The first kappa shape index (κ1) is 12.9. The van der Waals surface area contributed by atoms with Crippen LogP contribution < -0.4 is 0 Å². The van der Waals surface area contributed by atoms with Crippen molar-refractivity contribution in [2.24, 2.45) is 0 Å². The summed E-state index contributed by atoms with van der Waals surface area (Å²) in [5.41, 5.74) is 0.00997. The molecule has 0 aliphatic rings. The third kappa shape index (κ3) is 3.18. The summed E-state index contributed by atoms with van der Waals surface area (Å²) in [5, 5.41) is 8.52. The van der Waals surface area contributed by atoms with Crippen LogP contribution in [0.1, 0.15) is 10.4 Å². The largest absolute Gasteiger partial charge is 0.452 e. The second-order valence-electron chi connectivity index (χ2n) is 2.97. The number of hydrogen-bond acceptors (Lipinski definition) is 3. The van der Waals surface area contributed by atoms with Gasteiger partial charge in [0.25, 0.3) is 12.3 Å². The molecule has 0 saturated heterocycles. The number of nitrogens with zero attached hydrogens (tertiary/aromatic N) is 1. The summed E-state index contributed by atoms with van der Waals surface area (Å²) in [4.78, 5) is 12.5. The normalized spacial score (nSPS) is 10.8. The van der Waals surface area contributed by atoms with Crippen molar-refractivity contribution in [1.82, 2.24) is 4.90 Å². The minimum atomic E-state index is -2.67. The van der Waals surface area contributed by atoms with Crippen LogP contribution in [0.2, 0.25) is 5.22 Å². The highest BCUT2D eigenvalue weighted by molar-refractivity contribution is 6.32. The van der Waals surface area contributed by atoms with Crippen LogP contribution in [0.25, 0.3) is 0 Å². The van der Waals surface area contributed by atoms with Gasteiger partial charge in [-0.2, -0.15) is 0 Å². The van der Waals surface area contributed by atoms with E-state index < -0.39 is 25.5 Å². The quantitative estimate of drug-likeness (QED) is 0.868. The Balaban J connectivity index is 2.78. The summed E-state index contributed by atoms with van der Waals surface area (Å²) in [6, 6.07) is 1.29. The van der Waals surface area contributed by atoms with Gasteiger partial charge in [-0.25, -0.2) is 8.78 Å². The van der Waals surface area contributed by atoms with Crippen LogP contribution in [-0.2, 0) is 0 Å². The number of rotatable bonds is 5. The van der Waals surface area contributed by atoms with Gasteiger partial charge >= 0.3 is 0 Å². The number of aliphatic hydroxyl groups excluding tert-OH is 1. The van der Waals surface area contributed by atoms with Gasteiger partial charge < -0.3 is 14.4 Å². The smallest absolute Gasteiger partial charge is 0.259 e. The minimum Gasteiger partial charge on any atom is -0.452 e. The number of carbonyl (C=O) groups excluding carboxylic acids is 1. The van der Waals surface area contributed by atoms with Gasteiger partial charge in [0, 0.05) is 6.54 Å². The van der Waals surface area contributed by atoms with Crippen molar-refractivity contribution in [1.29, 1.82) is 0 Å². The number of hydrogen-bond donors (Lipinski definition) is 1. The molecule has 0 spiro atoms. The lowest BCUT2D eigenvalue weighted by Gasteiger charge is -2.20. The van der Waals surface area contributed by atoms with Gasteiger partial charge in [0.1, 0.15) is 0 Å². The molecule has 0 aliphatic heterocycles. The van der Waals surface area contributed by atoms with Crippen molar-refractivity contribution in [3.05, 3.63) is 23.1 Å². The predicted octanol–water partition coefficient (Wildman–Crippen LogP) is 1.63. The molecule has 0 saturated carbocycles. The van der Waals surface area contributed by atoms with Crippen molar-refractivity contribution in [3.8, 4) is 0 Å². The van der Waals surface area contributed by atoms with E-state index in [1.165, 1.54) is 12.3 Å². The highest BCUT2D eigenvalue weighted by Gasteiger charge is 2.22. The number of amides is 1. The molecule has 0 atom stereocenters. The van der Waals surface area contributed by atoms with E-state index in [-0.39, 0.29) is 17.3 Å². The predicted molar refractivity (Wildman–Crippen MR) is 52.7 cm³/mol. The molecule has 90 valence electrons. The molecule has 1 aromatic rings. The summed E-state index contributed by atoms with van der Waals surface area (Å²) >= 11 is 5.55. The fourth-order valence-electron chi connectivity index (χ4n) is 1.18. The van der Waals surface area contributed by atoms with Gasteiger partial charge in [-0.3, -0.25) is 4.79 Å². The van der Waals surface area contributed by atoms with Gasteiger partial charge in [-0.1, -0.05) is 0 Å². The summed E-state index contributed by atoms with van der Waals surface area (Å²) in [7, 11) is 0. The van der Waals surface area contributed by atoms with Crippen LogP contribution >= 0.6 is 11.6 Å². The standard InChI is InChI=1S/C9H10ClF2NO3/c10-8-6(1-4-16-8)9(15)13(2-3-14)5-7(11)12/h1,4,7,14H,2-3,5H2. The van der Waals surface area contributed by atoms with Crippen LogP contribution in [0.3, 0.4) is 0 Å². The highest BCUT2D eigenvalue weighted by Crippen LogP contribution is 2.19. The lowest BCUT2D eigenvalue weighted by atomic mass is 10.3. The zero-order valence-electron chi connectivity index (χ0n) is 8.20. The van der Waals surface area contributed by atoms with Gasteiger partial charge in [-0.05, 0) is 17.7 Å².